The summed E-state index contributed by atoms with van der Waals surface area (Å²) in [4.78, 5) is 2.61. The van der Waals surface area contributed by atoms with Crippen molar-refractivity contribution in [3.8, 4) is 34.1 Å². The molecule has 0 spiro atoms. The first-order valence-corrected chi connectivity index (χ1v) is 9.93. The van der Waals surface area contributed by atoms with Crippen LogP contribution in [0, 0.1) is 0 Å². The number of rotatable bonds is 6. The van der Waals surface area contributed by atoms with E-state index in [0.717, 1.165) is 66.5 Å². The van der Waals surface area contributed by atoms with Crippen LogP contribution in [-0.4, -0.2) is 46.4 Å². The van der Waals surface area contributed by atoms with Gasteiger partial charge in [-0.1, -0.05) is 6.92 Å². The number of hydrogen-bond donors (Lipinski definition) is 0. The SMILES string of the molecule is CCCN1CCc2cc(OC)c(OC)c3c2C1Cc1cc(OC)c(OC)cc1-3. The molecule has 2 aromatic rings. The lowest BCUT2D eigenvalue weighted by atomic mass is 9.76. The second-order valence-corrected chi connectivity index (χ2v) is 7.43. The van der Waals surface area contributed by atoms with Gasteiger partial charge in [-0.2, -0.15) is 0 Å². The first-order chi connectivity index (χ1) is 13.7. The van der Waals surface area contributed by atoms with E-state index in [9.17, 15) is 0 Å². The maximum absolute atomic E-state index is 5.87. The van der Waals surface area contributed by atoms with Gasteiger partial charge in [0.1, 0.15) is 0 Å². The van der Waals surface area contributed by atoms with E-state index in [2.05, 4.69) is 30.0 Å². The van der Waals surface area contributed by atoms with Crippen molar-refractivity contribution in [1.29, 1.82) is 0 Å². The zero-order valence-electron chi connectivity index (χ0n) is 17.4. The summed E-state index contributed by atoms with van der Waals surface area (Å²) in [6.07, 6.45) is 3.14. The van der Waals surface area contributed by atoms with E-state index >= 15 is 0 Å². The largest absolute Gasteiger partial charge is 0.493 e. The van der Waals surface area contributed by atoms with Crippen molar-refractivity contribution in [3.05, 3.63) is 34.9 Å². The molecule has 0 saturated heterocycles. The Morgan fingerprint density at radius 2 is 1.57 bits per heavy atom. The molecule has 0 radical (unpaired) electrons. The summed E-state index contributed by atoms with van der Waals surface area (Å²) in [6.45, 7) is 4.42. The minimum absolute atomic E-state index is 0.351. The fourth-order valence-corrected chi connectivity index (χ4v) is 4.84. The lowest BCUT2D eigenvalue weighted by molar-refractivity contribution is 0.182. The molecule has 0 N–H and O–H groups in total. The Balaban J connectivity index is 2.02. The van der Waals surface area contributed by atoms with Crippen molar-refractivity contribution in [1.82, 2.24) is 4.90 Å². The molecular formula is C23H29NO4. The highest BCUT2D eigenvalue weighted by atomic mass is 16.5. The van der Waals surface area contributed by atoms with Crippen LogP contribution in [0.15, 0.2) is 18.2 Å². The molecule has 4 rings (SSSR count). The maximum atomic E-state index is 5.87. The van der Waals surface area contributed by atoms with E-state index in [-0.39, 0.29) is 0 Å². The van der Waals surface area contributed by atoms with Gasteiger partial charge in [0.2, 0.25) is 0 Å². The zero-order valence-corrected chi connectivity index (χ0v) is 17.4. The number of ether oxygens (including phenoxy) is 4. The Kier molecular flexibility index (Phi) is 5.11. The third-order valence-corrected chi connectivity index (χ3v) is 6.04. The number of nitrogens with zero attached hydrogens (tertiary/aromatic N) is 1. The Labute approximate surface area is 167 Å². The summed E-state index contributed by atoms with van der Waals surface area (Å²) >= 11 is 0. The van der Waals surface area contributed by atoms with Gasteiger partial charge in [-0.05, 0) is 66.3 Å². The van der Waals surface area contributed by atoms with Gasteiger partial charge < -0.3 is 18.9 Å². The van der Waals surface area contributed by atoms with Crippen molar-refractivity contribution in [2.75, 3.05) is 41.5 Å². The van der Waals surface area contributed by atoms with Gasteiger partial charge in [-0.25, -0.2) is 0 Å². The molecule has 0 amide bonds. The van der Waals surface area contributed by atoms with Gasteiger partial charge in [-0.15, -0.1) is 0 Å². The monoisotopic (exact) mass is 383 g/mol. The lowest BCUT2D eigenvalue weighted by Gasteiger charge is -2.42. The predicted molar refractivity (Wildman–Crippen MR) is 110 cm³/mol. The molecule has 1 atom stereocenters. The average Bonchev–Trinajstić information content (AvgIpc) is 2.73. The summed E-state index contributed by atoms with van der Waals surface area (Å²) in [7, 11) is 6.79. The normalized spacial score (nSPS) is 17.5. The van der Waals surface area contributed by atoms with Crippen LogP contribution in [0.2, 0.25) is 0 Å². The molecule has 1 aliphatic heterocycles. The molecule has 1 aliphatic carbocycles. The molecule has 28 heavy (non-hydrogen) atoms. The first-order valence-electron chi connectivity index (χ1n) is 9.93. The van der Waals surface area contributed by atoms with E-state index in [0.29, 0.717) is 6.04 Å². The fourth-order valence-electron chi connectivity index (χ4n) is 4.84. The van der Waals surface area contributed by atoms with Crippen LogP contribution in [0.25, 0.3) is 11.1 Å². The van der Waals surface area contributed by atoms with Crippen LogP contribution in [0.4, 0.5) is 0 Å². The Hall–Kier alpha value is -2.40. The van der Waals surface area contributed by atoms with Crippen molar-refractivity contribution in [3.63, 3.8) is 0 Å². The number of fused-ring (bicyclic) bond motifs is 2. The highest BCUT2D eigenvalue weighted by Gasteiger charge is 2.37. The Morgan fingerprint density at radius 1 is 0.893 bits per heavy atom. The summed E-state index contributed by atoms with van der Waals surface area (Å²) in [5.41, 5.74) is 6.31. The van der Waals surface area contributed by atoms with Crippen molar-refractivity contribution < 1.29 is 18.9 Å². The van der Waals surface area contributed by atoms with Crippen LogP contribution < -0.4 is 18.9 Å². The standard InChI is InChI=1S/C23H29NO4/c1-6-8-24-9-7-14-11-20(27-4)23(28-5)22-16-13-19(26-3)18(25-2)12-15(16)10-17(24)21(14)22/h11-13,17H,6-10H2,1-5H3. The second kappa shape index (κ2) is 7.55. The smallest absolute Gasteiger partial charge is 0.168 e. The highest BCUT2D eigenvalue weighted by Crippen LogP contribution is 2.54. The van der Waals surface area contributed by atoms with Gasteiger partial charge in [0.05, 0.1) is 28.4 Å². The molecule has 5 heteroatoms. The molecule has 1 unspecified atom stereocenters. The topological polar surface area (TPSA) is 40.2 Å². The molecule has 150 valence electrons. The number of hydrogen-bond acceptors (Lipinski definition) is 5. The maximum Gasteiger partial charge on any atom is 0.168 e. The molecule has 0 aromatic heterocycles. The summed E-state index contributed by atoms with van der Waals surface area (Å²) in [5.74, 6) is 3.10. The quantitative estimate of drug-likeness (QED) is 0.746. The summed E-state index contributed by atoms with van der Waals surface area (Å²) in [6, 6.07) is 6.72. The van der Waals surface area contributed by atoms with E-state index in [1.165, 1.54) is 16.7 Å². The molecule has 0 saturated carbocycles. The molecule has 2 aliphatic rings. The predicted octanol–water partition coefficient (Wildman–Crippen LogP) is 4.25. The number of benzene rings is 2. The molecule has 0 bridgehead atoms. The summed E-state index contributed by atoms with van der Waals surface area (Å²) < 4.78 is 22.7. The molecule has 1 heterocycles. The first kappa shape index (κ1) is 18.9. The molecule has 5 nitrogen and oxygen atoms in total. The van der Waals surface area contributed by atoms with Gasteiger partial charge >= 0.3 is 0 Å². The number of methoxy groups -OCH3 is 4. The second-order valence-electron chi connectivity index (χ2n) is 7.43. The van der Waals surface area contributed by atoms with Crippen LogP contribution in [0.1, 0.15) is 36.1 Å². The molecule has 0 fully saturated rings. The lowest BCUT2D eigenvalue weighted by Crippen LogP contribution is -2.39. The van der Waals surface area contributed by atoms with Crippen molar-refractivity contribution >= 4 is 0 Å². The van der Waals surface area contributed by atoms with Gasteiger partial charge in [-0.3, -0.25) is 4.90 Å². The van der Waals surface area contributed by atoms with Gasteiger partial charge in [0, 0.05) is 18.2 Å². The van der Waals surface area contributed by atoms with E-state index in [1.54, 1.807) is 28.4 Å². The van der Waals surface area contributed by atoms with Crippen molar-refractivity contribution in [2.45, 2.75) is 32.2 Å². The van der Waals surface area contributed by atoms with Crippen LogP contribution in [-0.2, 0) is 12.8 Å². The van der Waals surface area contributed by atoms with Crippen LogP contribution in [0.5, 0.6) is 23.0 Å². The Morgan fingerprint density at radius 3 is 2.21 bits per heavy atom. The summed E-state index contributed by atoms with van der Waals surface area (Å²) in [5, 5.41) is 0. The van der Waals surface area contributed by atoms with Crippen LogP contribution >= 0.6 is 0 Å². The molecular weight excluding hydrogens is 354 g/mol. The minimum atomic E-state index is 0.351. The average molecular weight is 383 g/mol. The van der Waals surface area contributed by atoms with Gasteiger partial charge in [0.25, 0.3) is 0 Å². The third-order valence-electron chi connectivity index (χ3n) is 6.04. The minimum Gasteiger partial charge on any atom is -0.493 e. The van der Waals surface area contributed by atoms with Crippen LogP contribution in [0.3, 0.4) is 0 Å². The third kappa shape index (κ3) is 2.80. The Bertz CT molecular complexity index is 893. The molecule has 2 aromatic carbocycles. The van der Waals surface area contributed by atoms with Crippen molar-refractivity contribution in [2.24, 2.45) is 0 Å². The van der Waals surface area contributed by atoms with E-state index < -0.39 is 0 Å². The van der Waals surface area contributed by atoms with E-state index in [1.807, 2.05) is 0 Å². The fraction of sp³-hybridized carbons (Fsp3) is 0.478. The zero-order chi connectivity index (χ0) is 19.8. The van der Waals surface area contributed by atoms with E-state index in [4.69, 9.17) is 18.9 Å². The highest BCUT2D eigenvalue weighted by molar-refractivity contribution is 5.85. The van der Waals surface area contributed by atoms with Gasteiger partial charge in [0.15, 0.2) is 23.0 Å².